The Hall–Kier alpha value is -2.30. The summed E-state index contributed by atoms with van der Waals surface area (Å²) in [4.78, 5) is 14.1. The zero-order valence-corrected chi connectivity index (χ0v) is 11.2. The lowest BCUT2D eigenvalue weighted by Crippen LogP contribution is -2.30. The molecule has 0 atom stereocenters. The molecule has 0 fully saturated rings. The Morgan fingerprint density at radius 3 is 2.74 bits per heavy atom. The predicted octanol–water partition coefficient (Wildman–Crippen LogP) is 1.96. The normalized spacial score (nSPS) is 10.4. The molecule has 1 aromatic heterocycles. The lowest BCUT2D eigenvalue weighted by Gasteiger charge is -2.21. The van der Waals surface area contributed by atoms with Crippen LogP contribution in [0.15, 0.2) is 30.3 Å². The Labute approximate surface area is 112 Å². The highest BCUT2D eigenvalue weighted by Gasteiger charge is 2.17. The summed E-state index contributed by atoms with van der Waals surface area (Å²) in [6.45, 7) is 5.21. The van der Waals surface area contributed by atoms with E-state index in [0.717, 1.165) is 5.56 Å². The molecule has 1 aromatic carbocycles. The summed E-state index contributed by atoms with van der Waals surface area (Å²) in [5, 5.41) is 6.44. The van der Waals surface area contributed by atoms with Crippen LogP contribution in [0, 0.1) is 6.92 Å². The van der Waals surface area contributed by atoms with E-state index in [1.54, 1.807) is 11.0 Å². The molecule has 3 N–H and O–H groups in total. The molecule has 0 spiro atoms. The van der Waals surface area contributed by atoms with Gasteiger partial charge in [-0.1, -0.05) is 24.3 Å². The average molecular weight is 258 g/mol. The van der Waals surface area contributed by atoms with E-state index >= 15 is 0 Å². The number of rotatable bonds is 4. The predicted molar refractivity (Wildman–Crippen MR) is 74.6 cm³/mol. The van der Waals surface area contributed by atoms with E-state index < -0.39 is 0 Å². The van der Waals surface area contributed by atoms with Crippen LogP contribution in [0.25, 0.3) is 0 Å². The lowest BCUT2D eigenvalue weighted by atomic mass is 10.1. The number of carbonyl (C=O) groups is 1. The average Bonchev–Trinajstić information content (AvgIpc) is 2.84. The van der Waals surface area contributed by atoms with Gasteiger partial charge in [0.25, 0.3) is 5.91 Å². The van der Waals surface area contributed by atoms with Crippen LogP contribution in [0.1, 0.15) is 28.5 Å². The van der Waals surface area contributed by atoms with Crippen molar-refractivity contribution in [2.45, 2.75) is 20.4 Å². The van der Waals surface area contributed by atoms with Crippen molar-refractivity contribution < 1.29 is 4.79 Å². The number of H-pyrrole nitrogens is 1. The summed E-state index contributed by atoms with van der Waals surface area (Å²) in [7, 11) is 0. The molecule has 0 bridgehead atoms. The summed E-state index contributed by atoms with van der Waals surface area (Å²) in [5.41, 5.74) is 8.27. The van der Waals surface area contributed by atoms with Gasteiger partial charge < -0.3 is 10.6 Å². The van der Waals surface area contributed by atoms with Gasteiger partial charge in [-0.25, -0.2) is 0 Å². The number of nitrogen functional groups attached to an aromatic ring is 1. The molecule has 5 heteroatoms. The Bertz CT molecular complexity index is 576. The first-order valence-electron chi connectivity index (χ1n) is 6.26. The molecule has 1 heterocycles. The number of nitrogens with two attached hydrogens (primary N) is 1. The summed E-state index contributed by atoms with van der Waals surface area (Å²) < 4.78 is 0. The van der Waals surface area contributed by atoms with Crippen LogP contribution in [0.5, 0.6) is 0 Å². The standard InChI is InChI=1S/C14H18N4O/c1-3-18(9-11-7-5-4-6-10(11)2)14(19)12-8-13(15)17-16-12/h4-8H,3,9H2,1-2H3,(H3,15,16,17). The molecule has 0 aliphatic heterocycles. The fraction of sp³-hybridized carbons (Fsp3) is 0.286. The zero-order chi connectivity index (χ0) is 13.8. The molecule has 0 aliphatic rings. The number of benzene rings is 1. The molecule has 5 nitrogen and oxygen atoms in total. The topological polar surface area (TPSA) is 75.0 Å². The fourth-order valence-corrected chi connectivity index (χ4v) is 1.94. The van der Waals surface area contributed by atoms with E-state index in [2.05, 4.69) is 10.2 Å². The molecule has 2 rings (SSSR count). The first kappa shape index (κ1) is 13.1. The van der Waals surface area contributed by atoms with E-state index in [-0.39, 0.29) is 5.91 Å². The van der Waals surface area contributed by atoms with Crippen LogP contribution in [-0.4, -0.2) is 27.5 Å². The van der Waals surface area contributed by atoms with Crippen molar-refractivity contribution >= 4 is 11.7 Å². The molecule has 0 saturated carbocycles. The van der Waals surface area contributed by atoms with E-state index in [9.17, 15) is 4.79 Å². The third-order valence-corrected chi connectivity index (χ3v) is 3.12. The van der Waals surface area contributed by atoms with Gasteiger partial charge in [0.05, 0.1) is 0 Å². The van der Waals surface area contributed by atoms with Gasteiger partial charge in [-0.3, -0.25) is 9.89 Å². The second kappa shape index (κ2) is 5.56. The van der Waals surface area contributed by atoms with Crippen LogP contribution in [-0.2, 0) is 6.54 Å². The van der Waals surface area contributed by atoms with E-state index in [1.807, 2.05) is 38.1 Å². The van der Waals surface area contributed by atoms with Gasteiger partial charge >= 0.3 is 0 Å². The van der Waals surface area contributed by atoms with E-state index in [0.29, 0.717) is 24.6 Å². The van der Waals surface area contributed by atoms with Crippen molar-refractivity contribution in [1.82, 2.24) is 15.1 Å². The number of aryl methyl sites for hydroxylation is 1. The Kier molecular flexibility index (Phi) is 3.85. The van der Waals surface area contributed by atoms with Gasteiger partial charge in [0.15, 0.2) is 0 Å². The maximum Gasteiger partial charge on any atom is 0.272 e. The van der Waals surface area contributed by atoms with Crippen LogP contribution in [0.4, 0.5) is 5.82 Å². The van der Waals surface area contributed by atoms with Crippen LogP contribution >= 0.6 is 0 Å². The minimum atomic E-state index is -0.0880. The quantitative estimate of drug-likeness (QED) is 0.880. The molecular weight excluding hydrogens is 240 g/mol. The molecule has 19 heavy (non-hydrogen) atoms. The summed E-state index contributed by atoms with van der Waals surface area (Å²) >= 11 is 0. The Morgan fingerprint density at radius 1 is 1.42 bits per heavy atom. The van der Waals surface area contributed by atoms with Crippen molar-refractivity contribution in [3.05, 3.63) is 47.2 Å². The van der Waals surface area contributed by atoms with Crippen LogP contribution in [0.3, 0.4) is 0 Å². The SMILES string of the molecule is CCN(Cc1ccccc1C)C(=O)c1cc(N)n[nH]1. The number of nitrogens with one attached hydrogen (secondary N) is 1. The van der Waals surface area contributed by atoms with Gasteiger partial charge in [0, 0.05) is 19.2 Å². The second-order valence-corrected chi connectivity index (χ2v) is 4.45. The minimum absolute atomic E-state index is 0.0880. The molecule has 0 unspecified atom stereocenters. The van der Waals surface area contributed by atoms with Gasteiger partial charge in [0.2, 0.25) is 0 Å². The molecule has 2 aromatic rings. The zero-order valence-electron chi connectivity index (χ0n) is 11.2. The summed E-state index contributed by atoms with van der Waals surface area (Å²) in [5.74, 6) is 0.241. The molecule has 0 radical (unpaired) electrons. The van der Waals surface area contributed by atoms with Crippen molar-refractivity contribution in [2.75, 3.05) is 12.3 Å². The Morgan fingerprint density at radius 2 is 2.16 bits per heavy atom. The number of aromatic amines is 1. The van der Waals surface area contributed by atoms with Crippen molar-refractivity contribution in [2.24, 2.45) is 0 Å². The second-order valence-electron chi connectivity index (χ2n) is 4.45. The number of nitrogens with zero attached hydrogens (tertiary/aromatic N) is 2. The largest absolute Gasteiger partial charge is 0.382 e. The van der Waals surface area contributed by atoms with Gasteiger partial charge in [-0.2, -0.15) is 5.10 Å². The van der Waals surface area contributed by atoms with E-state index in [4.69, 9.17) is 5.73 Å². The van der Waals surface area contributed by atoms with Gasteiger partial charge in [0.1, 0.15) is 11.5 Å². The highest BCUT2D eigenvalue weighted by molar-refractivity contribution is 5.92. The third kappa shape index (κ3) is 2.93. The first-order chi connectivity index (χ1) is 9.11. The highest BCUT2D eigenvalue weighted by atomic mass is 16.2. The fourth-order valence-electron chi connectivity index (χ4n) is 1.94. The molecule has 100 valence electrons. The monoisotopic (exact) mass is 258 g/mol. The van der Waals surface area contributed by atoms with Crippen LogP contribution < -0.4 is 5.73 Å². The maximum atomic E-state index is 12.3. The first-order valence-corrected chi connectivity index (χ1v) is 6.26. The third-order valence-electron chi connectivity index (χ3n) is 3.12. The van der Waals surface area contributed by atoms with Crippen molar-refractivity contribution in [1.29, 1.82) is 0 Å². The smallest absolute Gasteiger partial charge is 0.272 e. The van der Waals surface area contributed by atoms with Crippen molar-refractivity contribution in [3.8, 4) is 0 Å². The van der Waals surface area contributed by atoms with E-state index in [1.165, 1.54) is 5.56 Å². The van der Waals surface area contributed by atoms with Gasteiger partial charge in [-0.05, 0) is 25.0 Å². The van der Waals surface area contributed by atoms with Crippen molar-refractivity contribution in [3.63, 3.8) is 0 Å². The number of hydrogen-bond acceptors (Lipinski definition) is 3. The summed E-state index contributed by atoms with van der Waals surface area (Å²) in [6.07, 6.45) is 0. The molecule has 0 saturated heterocycles. The highest BCUT2D eigenvalue weighted by Crippen LogP contribution is 2.13. The van der Waals surface area contributed by atoms with Gasteiger partial charge in [-0.15, -0.1) is 0 Å². The molecule has 1 amide bonds. The summed E-state index contributed by atoms with van der Waals surface area (Å²) in [6, 6.07) is 9.61. The number of anilines is 1. The maximum absolute atomic E-state index is 12.3. The number of amides is 1. The lowest BCUT2D eigenvalue weighted by molar-refractivity contribution is 0.0746. The van der Waals surface area contributed by atoms with Crippen LogP contribution in [0.2, 0.25) is 0 Å². The number of aromatic nitrogens is 2. The molecular formula is C14H18N4O. The minimum Gasteiger partial charge on any atom is -0.382 e. The number of carbonyl (C=O) groups excluding carboxylic acids is 1. The number of hydrogen-bond donors (Lipinski definition) is 2. The Balaban J connectivity index is 2.17. The molecule has 0 aliphatic carbocycles.